The molecule has 0 saturated carbocycles. The fraction of sp³-hybridized carbons (Fsp3) is 1.00. The zero-order valence-electron chi connectivity index (χ0n) is 5.43. The molecule has 8 heavy (non-hydrogen) atoms. The minimum Gasteiger partial charge on any atom is -0.501 e. The lowest BCUT2D eigenvalue weighted by atomic mass is 11.9. The molecule has 1 atom stereocenters. The summed E-state index contributed by atoms with van der Waals surface area (Å²) in [5.41, 5.74) is 0. The summed E-state index contributed by atoms with van der Waals surface area (Å²) >= 11 is -1.17. The molecule has 0 amide bonds. The van der Waals surface area contributed by atoms with Gasteiger partial charge in [0.15, 0.2) is 0 Å². The normalized spacial score (nSPS) is 17.6. The predicted molar refractivity (Wildman–Crippen MR) is 36.0 cm³/mol. The van der Waals surface area contributed by atoms with Crippen molar-refractivity contribution in [1.82, 2.24) is 0 Å². The van der Waals surface area contributed by atoms with Gasteiger partial charge < -0.3 is 13.1 Å². The van der Waals surface area contributed by atoms with Gasteiger partial charge in [0, 0.05) is 0 Å². The van der Waals surface area contributed by atoms with Crippen LogP contribution in [0.4, 0.5) is 0 Å². The third-order valence-electron chi connectivity index (χ3n) is 0.465. The predicted octanol–water partition coefficient (Wildman–Crippen LogP) is -0.460. The maximum atomic E-state index is 8.81. The summed E-state index contributed by atoms with van der Waals surface area (Å²) in [6, 6.07) is 0. The van der Waals surface area contributed by atoms with Gasteiger partial charge in [-0.1, -0.05) is 11.6 Å². The minimum absolute atomic E-state index is 1.17. The first-order valence-corrected chi connectivity index (χ1v) is 7.70. The lowest BCUT2D eigenvalue weighted by Crippen LogP contribution is -2.38. The molecule has 0 rings (SSSR count). The average Bonchev–Trinajstić information content (AvgIpc) is 1.21. The SMILES string of the molecule is [CH3][Al]([CH3])[O][Si](C)(O)[OH2+]. The summed E-state index contributed by atoms with van der Waals surface area (Å²) in [4.78, 5) is 15.8. The molecule has 0 aliphatic heterocycles. The molecule has 0 spiro atoms. The van der Waals surface area contributed by atoms with Crippen LogP contribution in [0.1, 0.15) is 0 Å². The summed E-state index contributed by atoms with van der Waals surface area (Å²) in [7, 11) is -2.91. The molecule has 0 radical (unpaired) electrons. The molecular weight excluding hydrogens is 139 g/mol. The van der Waals surface area contributed by atoms with Gasteiger partial charge in [-0.25, -0.2) is 0 Å². The lowest BCUT2D eigenvalue weighted by molar-refractivity contribution is 0.252. The van der Waals surface area contributed by atoms with Crippen LogP contribution in [0.2, 0.25) is 18.1 Å². The van der Waals surface area contributed by atoms with Crippen LogP contribution in [-0.2, 0) is 3.48 Å². The Morgan fingerprint density at radius 1 is 1.62 bits per heavy atom. The highest BCUT2D eigenvalue weighted by atomic mass is 28.4. The first-order chi connectivity index (χ1) is 3.42. The molecule has 0 saturated heterocycles. The molecule has 3 nitrogen and oxygen atoms in total. The van der Waals surface area contributed by atoms with E-state index in [1.165, 1.54) is 6.55 Å². The van der Waals surface area contributed by atoms with Crippen LogP contribution in [0, 0.1) is 0 Å². The number of hydrogen-bond donors (Lipinski definition) is 1. The molecule has 0 aliphatic carbocycles. The molecular formula is C3H12AlO3Si+. The quantitative estimate of drug-likeness (QED) is 0.429. The van der Waals surface area contributed by atoms with Gasteiger partial charge >= 0.3 is 23.3 Å². The highest BCUT2D eigenvalue weighted by Gasteiger charge is 2.36. The largest absolute Gasteiger partial charge is 0.682 e. The van der Waals surface area contributed by atoms with Crippen molar-refractivity contribution < 1.29 is 13.1 Å². The van der Waals surface area contributed by atoms with Gasteiger partial charge in [-0.2, -0.15) is 0 Å². The molecule has 48 valence electrons. The van der Waals surface area contributed by atoms with E-state index in [-0.39, 0.29) is 0 Å². The molecule has 0 bridgehead atoms. The first kappa shape index (κ1) is 8.63. The van der Waals surface area contributed by atoms with E-state index in [4.69, 9.17) is 13.1 Å². The Morgan fingerprint density at radius 3 is 2.00 bits per heavy atom. The van der Waals surface area contributed by atoms with Crippen LogP contribution >= 0.6 is 0 Å². The second kappa shape index (κ2) is 2.97. The van der Waals surface area contributed by atoms with E-state index in [0.29, 0.717) is 0 Å². The van der Waals surface area contributed by atoms with E-state index < -0.39 is 23.3 Å². The molecule has 0 fully saturated rings. The van der Waals surface area contributed by atoms with Crippen molar-refractivity contribution in [2.75, 3.05) is 0 Å². The van der Waals surface area contributed by atoms with Crippen molar-refractivity contribution in [2.24, 2.45) is 0 Å². The minimum atomic E-state index is -2.91. The Morgan fingerprint density at radius 2 is 2.00 bits per heavy atom. The monoisotopic (exact) mass is 151 g/mol. The van der Waals surface area contributed by atoms with Crippen molar-refractivity contribution in [1.29, 1.82) is 0 Å². The van der Waals surface area contributed by atoms with Crippen LogP contribution < -0.4 is 0 Å². The number of hydrogen-bond acceptors (Lipinski definition) is 2. The van der Waals surface area contributed by atoms with E-state index in [9.17, 15) is 0 Å². The van der Waals surface area contributed by atoms with Crippen LogP contribution in [0.5, 0.6) is 0 Å². The van der Waals surface area contributed by atoms with Gasteiger partial charge in [-0.05, 0) is 0 Å². The lowest BCUT2D eigenvalue weighted by Gasteiger charge is -2.07. The van der Waals surface area contributed by atoms with E-state index >= 15 is 0 Å². The summed E-state index contributed by atoms with van der Waals surface area (Å²) < 4.78 is 4.94. The van der Waals surface area contributed by atoms with E-state index in [1.54, 1.807) is 0 Å². The molecule has 5 heteroatoms. The Kier molecular flexibility index (Phi) is 3.20. The van der Waals surface area contributed by atoms with Crippen LogP contribution in [0.3, 0.4) is 0 Å². The van der Waals surface area contributed by atoms with Gasteiger partial charge in [0.1, 0.15) is 0 Å². The highest BCUT2D eigenvalue weighted by Crippen LogP contribution is 1.95. The van der Waals surface area contributed by atoms with Crippen molar-refractivity contribution in [2.45, 2.75) is 18.1 Å². The molecule has 0 aliphatic rings. The Balaban J connectivity index is 3.39. The fourth-order valence-corrected chi connectivity index (χ4v) is 4.13. The molecule has 0 heterocycles. The second-order valence-electron chi connectivity index (χ2n) is 2.15. The Hall–Kier alpha value is 0.629. The Bertz CT molecular complexity index is 69.4. The number of rotatable bonds is 2. The summed E-state index contributed by atoms with van der Waals surface area (Å²) in [5.74, 6) is 3.88. The third-order valence-corrected chi connectivity index (χ3v) is 4.19. The second-order valence-corrected chi connectivity index (χ2v) is 7.16. The van der Waals surface area contributed by atoms with Crippen molar-refractivity contribution in [3.63, 3.8) is 0 Å². The molecule has 0 aromatic rings. The maximum Gasteiger partial charge on any atom is 0.682 e. The topological polar surface area (TPSA) is 52.4 Å². The van der Waals surface area contributed by atoms with Crippen molar-refractivity contribution >= 4 is 23.3 Å². The van der Waals surface area contributed by atoms with E-state index in [0.717, 1.165) is 0 Å². The third kappa shape index (κ3) is 6.63. The van der Waals surface area contributed by atoms with Gasteiger partial charge in [0.05, 0.1) is 6.55 Å². The molecule has 0 aromatic carbocycles. The molecule has 0 aromatic heterocycles. The highest BCUT2D eigenvalue weighted by molar-refractivity contribution is 6.67. The van der Waals surface area contributed by atoms with E-state index in [1.807, 2.05) is 11.6 Å². The van der Waals surface area contributed by atoms with Crippen molar-refractivity contribution in [3.05, 3.63) is 0 Å². The van der Waals surface area contributed by atoms with E-state index in [2.05, 4.69) is 0 Å². The van der Waals surface area contributed by atoms with Crippen LogP contribution in [0.25, 0.3) is 0 Å². The smallest absolute Gasteiger partial charge is 0.501 e. The summed E-state index contributed by atoms with van der Waals surface area (Å²) in [5, 5.41) is 0. The van der Waals surface area contributed by atoms with Crippen LogP contribution in [0.15, 0.2) is 0 Å². The van der Waals surface area contributed by atoms with Gasteiger partial charge in [-0.3, -0.25) is 0 Å². The summed E-state index contributed by atoms with van der Waals surface area (Å²) in [6.45, 7) is 1.46. The molecule has 1 unspecified atom stereocenters. The zero-order chi connectivity index (χ0) is 6.78. The maximum absolute atomic E-state index is 8.81. The van der Waals surface area contributed by atoms with Crippen molar-refractivity contribution in [3.8, 4) is 0 Å². The Labute approximate surface area is 55.0 Å². The standard InChI is InChI=1S/CH5O3Si.2CH3.Al/c1-5(2,3)4;;;/h2-3H,1H3;2*1H3;/q-1;;;+1/p+1. The average molecular weight is 151 g/mol. The first-order valence-electron chi connectivity index (χ1n) is 2.57. The van der Waals surface area contributed by atoms with Gasteiger partial charge in [-0.15, -0.1) is 0 Å². The fourth-order valence-electron chi connectivity index (χ4n) is 0.459. The van der Waals surface area contributed by atoms with Gasteiger partial charge in [0.2, 0.25) is 0 Å². The van der Waals surface area contributed by atoms with Crippen LogP contribution in [-0.4, -0.2) is 32.9 Å². The summed E-state index contributed by atoms with van der Waals surface area (Å²) in [6.07, 6.45) is 0. The molecule has 3 N–H and O–H groups in total. The van der Waals surface area contributed by atoms with Gasteiger partial charge in [0.25, 0.3) is 0 Å². The zero-order valence-corrected chi connectivity index (χ0v) is 7.59.